The molecule has 1 aromatic rings. The Morgan fingerprint density at radius 1 is 1.38 bits per heavy atom. The fourth-order valence-electron chi connectivity index (χ4n) is 3.43. The molecule has 24 heavy (non-hydrogen) atoms. The van der Waals surface area contributed by atoms with Crippen LogP contribution in [0.5, 0.6) is 5.75 Å². The molecule has 0 radical (unpaired) electrons. The van der Waals surface area contributed by atoms with Gasteiger partial charge in [-0.25, -0.2) is 0 Å². The topological polar surface area (TPSA) is 41.6 Å². The van der Waals surface area contributed by atoms with Crippen molar-refractivity contribution in [2.24, 2.45) is 11.8 Å². The number of piperidine rings is 1. The van der Waals surface area contributed by atoms with Crippen LogP contribution in [0.2, 0.25) is 5.02 Å². The minimum Gasteiger partial charge on any atom is -0.481 e. The first kappa shape index (κ1) is 19.1. The average Bonchev–Trinajstić information content (AvgIpc) is 2.50. The van der Waals surface area contributed by atoms with E-state index in [0.717, 1.165) is 24.8 Å². The van der Waals surface area contributed by atoms with Gasteiger partial charge in [-0.3, -0.25) is 4.79 Å². The number of likely N-dealkylation sites (tertiary alicyclic amines) is 1. The van der Waals surface area contributed by atoms with Gasteiger partial charge in [0, 0.05) is 24.7 Å². The van der Waals surface area contributed by atoms with Crippen LogP contribution < -0.4 is 10.1 Å². The van der Waals surface area contributed by atoms with Gasteiger partial charge in [-0.05, 0) is 56.3 Å². The predicted molar refractivity (Wildman–Crippen MR) is 98.6 cm³/mol. The molecule has 1 fully saturated rings. The molecule has 0 aliphatic carbocycles. The van der Waals surface area contributed by atoms with Gasteiger partial charge in [-0.2, -0.15) is 0 Å². The molecule has 4 nitrogen and oxygen atoms in total. The normalized spacial score (nSPS) is 22.8. The third-order valence-corrected chi connectivity index (χ3v) is 4.61. The highest BCUT2D eigenvalue weighted by molar-refractivity contribution is 6.30. The Bertz CT molecular complexity index is 528. The average molecular weight is 353 g/mol. The summed E-state index contributed by atoms with van der Waals surface area (Å²) in [5.41, 5.74) is 0. The molecule has 3 atom stereocenters. The Hall–Kier alpha value is -1.26. The van der Waals surface area contributed by atoms with Crippen LogP contribution in [0, 0.1) is 11.8 Å². The van der Waals surface area contributed by atoms with E-state index in [-0.39, 0.29) is 5.91 Å². The van der Waals surface area contributed by atoms with E-state index in [1.54, 1.807) is 25.1 Å². The maximum atomic E-state index is 12.1. The molecule has 134 valence electrons. The summed E-state index contributed by atoms with van der Waals surface area (Å²) in [6.07, 6.45) is 1.76. The zero-order valence-electron chi connectivity index (χ0n) is 14.9. The van der Waals surface area contributed by atoms with Crippen molar-refractivity contribution in [1.29, 1.82) is 0 Å². The van der Waals surface area contributed by atoms with E-state index in [1.165, 1.54) is 19.5 Å². The van der Waals surface area contributed by atoms with Gasteiger partial charge in [0.2, 0.25) is 0 Å². The van der Waals surface area contributed by atoms with Crippen LogP contribution in [0.15, 0.2) is 24.3 Å². The van der Waals surface area contributed by atoms with Crippen LogP contribution in [-0.2, 0) is 4.79 Å². The first-order valence-corrected chi connectivity index (χ1v) is 9.24. The number of rotatable bonds is 7. The Balaban J connectivity index is 1.65. The fourth-order valence-corrected chi connectivity index (χ4v) is 3.61. The number of nitrogens with zero attached hydrogens (tertiary/aromatic N) is 1. The van der Waals surface area contributed by atoms with Gasteiger partial charge < -0.3 is 15.0 Å². The van der Waals surface area contributed by atoms with Crippen LogP contribution in [0.4, 0.5) is 0 Å². The molecule has 0 saturated carbocycles. The van der Waals surface area contributed by atoms with Crippen molar-refractivity contribution in [3.05, 3.63) is 29.3 Å². The van der Waals surface area contributed by atoms with Crippen molar-refractivity contribution in [1.82, 2.24) is 10.2 Å². The van der Waals surface area contributed by atoms with Crippen LogP contribution in [0.25, 0.3) is 0 Å². The predicted octanol–water partition coefficient (Wildman–Crippen LogP) is 3.59. The maximum Gasteiger partial charge on any atom is 0.260 e. The van der Waals surface area contributed by atoms with E-state index in [2.05, 4.69) is 24.1 Å². The lowest BCUT2D eigenvalue weighted by Crippen LogP contribution is -2.41. The van der Waals surface area contributed by atoms with Crippen LogP contribution in [0.3, 0.4) is 0 Å². The van der Waals surface area contributed by atoms with Crippen molar-refractivity contribution in [3.63, 3.8) is 0 Å². The van der Waals surface area contributed by atoms with Crippen molar-refractivity contribution >= 4 is 17.5 Å². The first-order chi connectivity index (χ1) is 11.4. The van der Waals surface area contributed by atoms with Gasteiger partial charge in [0.1, 0.15) is 5.75 Å². The smallest absolute Gasteiger partial charge is 0.260 e. The van der Waals surface area contributed by atoms with Crippen molar-refractivity contribution < 1.29 is 9.53 Å². The monoisotopic (exact) mass is 352 g/mol. The second-order valence-electron chi connectivity index (χ2n) is 7.07. The molecule has 1 heterocycles. The number of carbonyl (C=O) groups is 1. The molecule has 1 aromatic carbocycles. The van der Waals surface area contributed by atoms with Gasteiger partial charge in [-0.1, -0.05) is 31.5 Å². The van der Waals surface area contributed by atoms with Gasteiger partial charge in [0.05, 0.1) is 0 Å². The number of amides is 1. The Morgan fingerprint density at radius 3 is 2.75 bits per heavy atom. The highest BCUT2D eigenvalue weighted by atomic mass is 35.5. The molecule has 5 heteroatoms. The minimum absolute atomic E-state index is 0.0876. The number of halogens is 1. The van der Waals surface area contributed by atoms with Crippen LogP contribution >= 0.6 is 11.6 Å². The van der Waals surface area contributed by atoms with Gasteiger partial charge in [0.25, 0.3) is 5.91 Å². The number of hydrogen-bond donors (Lipinski definition) is 1. The third kappa shape index (κ3) is 6.33. The fraction of sp³-hybridized carbons (Fsp3) is 0.632. The molecular weight excluding hydrogens is 324 g/mol. The van der Waals surface area contributed by atoms with Gasteiger partial charge in [-0.15, -0.1) is 0 Å². The quantitative estimate of drug-likeness (QED) is 0.762. The molecule has 1 N–H and O–H groups in total. The number of ether oxygens (including phenoxy) is 1. The molecule has 1 saturated heterocycles. The summed E-state index contributed by atoms with van der Waals surface area (Å²) in [4.78, 5) is 14.6. The van der Waals surface area contributed by atoms with Crippen molar-refractivity contribution in [2.75, 3.05) is 26.2 Å². The van der Waals surface area contributed by atoms with E-state index in [9.17, 15) is 4.79 Å². The zero-order chi connectivity index (χ0) is 17.5. The number of benzene rings is 1. The van der Waals surface area contributed by atoms with Crippen LogP contribution in [-0.4, -0.2) is 43.1 Å². The third-order valence-electron chi connectivity index (χ3n) is 4.37. The standard InChI is InChI=1S/C19H29ClN2O2/c1-14-10-15(2)13-22(12-14)9-5-8-21-19(23)16(3)24-18-7-4-6-17(20)11-18/h4,6-7,11,14-16H,5,8-10,12-13H2,1-3H3,(H,21,23)/t14-,15-,16-/m1/s1. The first-order valence-electron chi connectivity index (χ1n) is 8.86. The number of nitrogens with one attached hydrogen (secondary N) is 1. The summed E-state index contributed by atoms with van der Waals surface area (Å²) in [7, 11) is 0. The minimum atomic E-state index is -0.529. The largest absolute Gasteiger partial charge is 0.481 e. The lowest BCUT2D eigenvalue weighted by atomic mass is 9.92. The molecule has 1 aliphatic rings. The molecule has 1 amide bonds. The molecule has 0 spiro atoms. The summed E-state index contributed by atoms with van der Waals surface area (Å²) in [6.45, 7) is 10.5. The van der Waals surface area contributed by atoms with E-state index in [0.29, 0.717) is 17.3 Å². The SMILES string of the molecule is C[C@@H]1C[C@@H](C)CN(CCCNC(=O)[C@@H](C)Oc2cccc(Cl)c2)C1. The summed E-state index contributed by atoms with van der Waals surface area (Å²) < 4.78 is 5.63. The van der Waals surface area contributed by atoms with Crippen LogP contribution in [0.1, 0.15) is 33.6 Å². The number of hydrogen-bond acceptors (Lipinski definition) is 3. The van der Waals surface area contributed by atoms with E-state index >= 15 is 0 Å². The molecule has 2 rings (SSSR count). The summed E-state index contributed by atoms with van der Waals surface area (Å²) in [5, 5.41) is 3.56. The van der Waals surface area contributed by atoms with Crippen molar-refractivity contribution in [3.8, 4) is 5.75 Å². The summed E-state index contributed by atoms with van der Waals surface area (Å²) in [6, 6.07) is 7.10. The summed E-state index contributed by atoms with van der Waals surface area (Å²) in [5.74, 6) is 2.07. The van der Waals surface area contributed by atoms with E-state index in [4.69, 9.17) is 16.3 Å². The Labute approximate surface area is 150 Å². The molecule has 0 aromatic heterocycles. The highest BCUT2D eigenvalue weighted by Gasteiger charge is 2.21. The summed E-state index contributed by atoms with van der Waals surface area (Å²) >= 11 is 5.92. The Kier molecular flexibility index (Phi) is 7.38. The zero-order valence-corrected chi connectivity index (χ0v) is 15.7. The van der Waals surface area contributed by atoms with Gasteiger partial charge in [0.15, 0.2) is 6.10 Å². The number of carbonyl (C=O) groups excluding carboxylic acids is 1. The molecule has 0 bridgehead atoms. The maximum absolute atomic E-state index is 12.1. The molecule has 1 aliphatic heterocycles. The van der Waals surface area contributed by atoms with E-state index in [1.807, 2.05) is 6.07 Å². The molecule has 0 unspecified atom stereocenters. The second-order valence-corrected chi connectivity index (χ2v) is 7.50. The highest BCUT2D eigenvalue weighted by Crippen LogP contribution is 2.21. The Morgan fingerprint density at radius 2 is 2.08 bits per heavy atom. The van der Waals surface area contributed by atoms with Crippen molar-refractivity contribution in [2.45, 2.75) is 39.7 Å². The van der Waals surface area contributed by atoms with E-state index < -0.39 is 6.10 Å². The lowest BCUT2D eigenvalue weighted by Gasteiger charge is -2.34. The lowest BCUT2D eigenvalue weighted by molar-refractivity contribution is -0.127. The second kappa shape index (κ2) is 9.28. The van der Waals surface area contributed by atoms with Gasteiger partial charge >= 0.3 is 0 Å². The molecular formula is C19H29ClN2O2.